The molecule has 0 spiro atoms. The molecule has 1 aromatic heterocycles. The smallest absolute Gasteiger partial charge is 0.254 e. The fraction of sp³-hybridized carbons (Fsp3) is 0.400. The molecule has 2 aromatic rings. The number of carbonyl (C=O) groups excluding carboxylic acids is 1. The van der Waals surface area contributed by atoms with Crippen molar-refractivity contribution in [3.63, 3.8) is 0 Å². The van der Waals surface area contributed by atoms with E-state index in [1.165, 1.54) is 0 Å². The molecule has 1 fully saturated rings. The van der Waals surface area contributed by atoms with Gasteiger partial charge in [0.25, 0.3) is 5.91 Å². The van der Waals surface area contributed by atoms with Crippen molar-refractivity contribution in [3.8, 4) is 5.75 Å². The summed E-state index contributed by atoms with van der Waals surface area (Å²) in [5, 5.41) is 0. The largest absolute Gasteiger partial charge is 0.497 e. The van der Waals surface area contributed by atoms with Gasteiger partial charge in [-0.3, -0.25) is 9.78 Å². The van der Waals surface area contributed by atoms with Crippen LogP contribution in [0.15, 0.2) is 42.7 Å². The summed E-state index contributed by atoms with van der Waals surface area (Å²) in [6.45, 7) is 3.87. The van der Waals surface area contributed by atoms with E-state index in [4.69, 9.17) is 9.47 Å². The van der Waals surface area contributed by atoms with Crippen LogP contribution >= 0.6 is 0 Å². The molecule has 3 rings (SSSR count). The summed E-state index contributed by atoms with van der Waals surface area (Å²) in [4.78, 5) is 19.1. The van der Waals surface area contributed by atoms with Crippen LogP contribution in [0.2, 0.25) is 0 Å². The summed E-state index contributed by atoms with van der Waals surface area (Å²) < 4.78 is 11.0. The Morgan fingerprint density at radius 2 is 2.12 bits per heavy atom. The molecule has 5 heteroatoms. The Bertz CT molecular complexity index is 712. The molecule has 0 N–H and O–H groups in total. The van der Waals surface area contributed by atoms with Gasteiger partial charge in [-0.2, -0.15) is 0 Å². The second-order valence-corrected chi connectivity index (χ2v) is 6.36. The average Bonchev–Trinajstić information content (AvgIpc) is 3.14. The minimum Gasteiger partial charge on any atom is -0.497 e. The first-order valence-corrected chi connectivity index (χ1v) is 8.62. The van der Waals surface area contributed by atoms with Crippen LogP contribution in [0.25, 0.3) is 0 Å². The maximum atomic E-state index is 13.2. The van der Waals surface area contributed by atoms with Crippen LogP contribution in [0.4, 0.5) is 0 Å². The van der Waals surface area contributed by atoms with E-state index >= 15 is 0 Å². The van der Waals surface area contributed by atoms with Gasteiger partial charge >= 0.3 is 0 Å². The number of benzene rings is 1. The van der Waals surface area contributed by atoms with E-state index in [1.54, 1.807) is 19.5 Å². The van der Waals surface area contributed by atoms with Crippen LogP contribution in [0.5, 0.6) is 5.75 Å². The maximum absolute atomic E-state index is 13.2. The Kier molecular flexibility index (Phi) is 5.66. The zero-order valence-corrected chi connectivity index (χ0v) is 14.8. The molecule has 0 saturated carbocycles. The number of methoxy groups -OCH3 is 1. The van der Waals surface area contributed by atoms with Crippen molar-refractivity contribution in [3.05, 3.63) is 59.4 Å². The molecule has 0 radical (unpaired) electrons. The van der Waals surface area contributed by atoms with Crippen molar-refractivity contribution in [2.24, 2.45) is 0 Å². The predicted molar refractivity (Wildman–Crippen MR) is 95.7 cm³/mol. The summed E-state index contributed by atoms with van der Waals surface area (Å²) in [6, 6.07) is 9.44. The summed E-state index contributed by atoms with van der Waals surface area (Å²) >= 11 is 0. The standard InChI is InChI=1S/C20H24N2O3/c1-15-12-17(24-2)5-6-19(15)20(23)22(14-18-4-3-11-25-18)13-16-7-9-21-10-8-16/h5-10,12,18H,3-4,11,13-14H2,1-2H3/t18-/m0/s1. The maximum Gasteiger partial charge on any atom is 0.254 e. The van der Waals surface area contributed by atoms with Crippen LogP contribution in [0.1, 0.15) is 34.3 Å². The number of ether oxygens (including phenoxy) is 2. The number of carbonyl (C=O) groups is 1. The lowest BCUT2D eigenvalue weighted by atomic mass is 10.1. The van der Waals surface area contributed by atoms with Crippen molar-refractivity contribution in [2.45, 2.75) is 32.4 Å². The number of hydrogen-bond donors (Lipinski definition) is 0. The predicted octanol–water partition coefficient (Wildman–Crippen LogP) is 3.22. The molecule has 25 heavy (non-hydrogen) atoms. The Labute approximate surface area is 148 Å². The first-order valence-electron chi connectivity index (χ1n) is 8.62. The molecular weight excluding hydrogens is 316 g/mol. The first-order chi connectivity index (χ1) is 12.2. The van der Waals surface area contributed by atoms with Gasteiger partial charge in [0.1, 0.15) is 5.75 Å². The van der Waals surface area contributed by atoms with Crippen molar-refractivity contribution in [1.29, 1.82) is 0 Å². The summed E-state index contributed by atoms with van der Waals surface area (Å²) in [6.07, 6.45) is 5.68. The van der Waals surface area contributed by atoms with Crippen LogP contribution in [0.3, 0.4) is 0 Å². The third kappa shape index (κ3) is 4.37. The monoisotopic (exact) mass is 340 g/mol. The molecule has 0 aliphatic carbocycles. The van der Waals surface area contributed by atoms with Crippen LogP contribution < -0.4 is 4.74 Å². The molecular formula is C20H24N2O3. The van der Waals surface area contributed by atoms with E-state index in [9.17, 15) is 4.79 Å². The Morgan fingerprint density at radius 3 is 2.76 bits per heavy atom. The van der Waals surface area contributed by atoms with Gasteiger partial charge in [-0.25, -0.2) is 0 Å². The highest BCUT2D eigenvalue weighted by molar-refractivity contribution is 5.95. The van der Waals surface area contributed by atoms with Crippen molar-refractivity contribution in [1.82, 2.24) is 9.88 Å². The zero-order valence-electron chi connectivity index (χ0n) is 14.8. The number of pyridine rings is 1. The molecule has 1 aromatic carbocycles. The average molecular weight is 340 g/mol. The first kappa shape index (κ1) is 17.4. The van der Waals surface area contributed by atoms with Gasteiger partial charge in [-0.15, -0.1) is 0 Å². The fourth-order valence-corrected chi connectivity index (χ4v) is 3.14. The second-order valence-electron chi connectivity index (χ2n) is 6.36. The lowest BCUT2D eigenvalue weighted by Gasteiger charge is -2.26. The van der Waals surface area contributed by atoms with E-state index in [2.05, 4.69) is 4.98 Å². The van der Waals surface area contributed by atoms with Crippen LogP contribution in [0, 0.1) is 6.92 Å². The van der Waals surface area contributed by atoms with Gasteiger partial charge in [0, 0.05) is 37.7 Å². The van der Waals surface area contributed by atoms with Gasteiger partial charge in [0.05, 0.1) is 13.2 Å². The van der Waals surface area contributed by atoms with Gasteiger partial charge in [-0.1, -0.05) is 0 Å². The minimum absolute atomic E-state index is 0.0208. The van der Waals surface area contributed by atoms with Crippen LogP contribution in [-0.2, 0) is 11.3 Å². The lowest BCUT2D eigenvalue weighted by molar-refractivity contribution is 0.0506. The minimum atomic E-state index is 0.0208. The Hall–Kier alpha value is -2.40. The molecule has 0 unspecified atom stereocenters. The fourth-order valence-electron chi connectivity index (χ4n) is 3.14. The highest BCUT2D eigenvalue weighted by atomic mass is 16.5. The van der Waals surface area contributed by atoms with Gasteiger partial charge < -0.3 is 14.4 Å². The Morgan fingerprint density at radius 1 is 1.32 bits per heavy atom. The number of aromatic nitrogens is 1. The second kappa shape index (κ2) is 8.12. The van der Waals surface area contributed by atoms with E-state index in [1.807, 2.05) is 42.2 Å². The molecule has 5 nitrogen and oxygen atoms in total. The molecule has 1 amide bonds. The third-order valence-corrected chi connectivity index (χ3v) is 4.52. The number of nitrogens with zero attached hydrogens (tertiary/aromatic N) is 2. The molecule has 1 aliphatic rings. The van der Waals surface area contributed by atoms with Crippen LogP contribution in [-0.4, -0.2) is 42.2 Å². The SMILES string of the molecule is COc1ccc(C(=O)N(Cc2ccncc2)C[C@@H]2CCCO2)c(C)c1. The summed E-state index contributed by atoms with van der Waals surface area (Å²) in [5.74, 6) is 0.779. The zero-order chi connectivity index (χ0) is 17.6. The molecule has 1 saturated heterocycles. The third-order valence-electron chi connectivity index (χ3n) is 4.52. The number of aryl methyl sites for hydroxylation is 1. The van der Waals surface area contributed by atoms with E-state index in [-0.39, 0.29) is 12.0 Å². The topological polar surface area (TPSA) is 51.7 Å². The summed E-state index contributed by atoms with van der Waals surface area (Å²) in [7, 11) is 1.63. The highest BCUT2D eigenvalue weighted by Crippen LogP contribution is 2.21. The van der Waals surface area contributed by atoms with E-state index < -0.39 is 0 Å². The lowest BCUT2D eigenvalue weighted by Crippen LogP contribution is -2.37. The van der Waals surface area contributed by atoms with E-state index in [0.717, 1.165) is 36.3 Å². The molecule has 1 atom stereocenters. The normalized spacial score (nSPS) is 16.6. The van der Waals surface area contributed by atoms with Gasteiger partial charge in [-0.05, 0) is 61.2 Å². The molecule has 132 valence electrons. The van der Waals surface area contributed by atoms with Crippen molar-refractivity contribution < 1.29 is 14.3 Å². The van der Waals surface area contributed by atoms with Crippen molar-refractivity contribution >= 4 is 5.91 Å². The quantitative estimate of drug-likeness (QED) is 0.810. The van der Waals surface area contributed by atoms with Gasteiger partial charge in [0.15, 0.2) is 0 Å². The van der Waals surface area contributed by atoms with E-state index in [0.29, 0.717) is 18.7 Å². The van der Waals surface area contributed by atoms with Crippen molar-refractivity contribution in [2.75, 3.05) is 20.3 Å². The number of rotatable bonds is 6. The van der Waals surface area contributed by atoms with Gasteiger partial charge in [0.2, 0.25) is 0 Å². The Balaban J connectivity index is 1.82. The number of hydrogen-bond acceptors (Lipinski definition) is 4. The summed E-state index contributed by atoms with van der Waals surface area (Å²) in [5.41, 5.74) is 2.68. The molecule has 2 heterocycles. The molecule has 0 bridgehead atoms. The molecule has 1 aliphatic heterocycles. The highest BCUT2D eigenvalue weighted by Gasteiger charge is 2.24. The number of amides is 1.